The van der Waals surface area contributed by atoms with Crippen molar-refractivity contribution in [2.45, 2.75) is 51.2 Å². The Morgan fingerprint density at radius 3 is 2.58 bits per heavy atom. The van der Waals surface area contributed by atoms with Crippen molar-refractivity contribution < 1.29 is 4.79 Å². The van der Waals surface area contributed by atoms with E-state index in [1.165, 1.54) is 24.0 Å². The molecule has 1 saturated carbocycles. The lowest BCUT2D eigenvalue weighted by atomic mass is 10.1. The van der Waals surface area contributed by atoms with Crippen LogP contribution in [0.4, 0.5) is 0 Å². The van der Waals surface area contributed by atoms with Gasteiger partial charge in [0.25, 0.3) is 0 Å². The lowest BCUT2D eigenvalue weighted by molar-refractivity contribution is -0.134. The molecule has 102 valence electrons. The standard InChI is InChI=1S/C16H22N2O/c1-12-4-6-13(7-5-12)11-18(14-8-9-14)16(19)15-3-2-10-17-15/h4-7,14-15,17H,2-3,8-11H2,1H3/t15-/m1/s1. The van der Waals surface area contributed by atoms with Crippen molar-refractivity contribution in [3.05, 3.63) is 35.4 Å². The topological polar surface area (TPSA) is 32.3 Å². The Hall–Kier alpha value is -1.35. The summed E-state index contributed by atoms with van der Waals surface area (Å²) in [6.07, 6.45) is 4.46. The normalized spacial score (nSPS) is 22.5. The second-order valence-corrected chi connectivity index (χ2v) is 5.83. The fourth-order valence-corrected chi connectivity index (χ4v) is 2.76. The van der Waals surface area contributed by atoms with Crippen molar-refractivity contribution in [2.75, 3.05) is 6.54 Å². The molecular weight excluding hydrogens is 236 g/mol. The second kappa shape index (κ2) is 5.33. The van der Waals surface area contributed by atoms with Gasteiger partial charge in [-0.1, -0.05) is 29.8 Å². The van der Waals surface area contributed by atoms with Crippen molar-refractivity contribution >= 4 is 5.91 Å². The first-order chi connectivity index (χ1) is 9.24. The number of nitrogens with zero attached hydrogens (tertiary/aromatic N) is 1. The minimum atomic E-state index is 0.0612. The molecule has 3 nitrogen and oxygen atoms in total. The quantitative estimate of drug-likeness (QED) is 0.898. The third kappa shape index (κ3) is 2.98. The first kappa shape index (κ1) is 12.7. The SMILES string of the molecule is Cc1ccc(CN(C(=O)[C@H]2CCCN2)C2CC2)cc1. The van der Waals surface area contributed by atoms with E-state index < -0.39 is 0 Å². The number of amides is 1. The van der Waals surface area contributed by atoms with Crippen LogP contribution in [0, 0.1) is 6.92 Å². The number of carbonyl (C=O) groups excluding carboxylic acids is 1. The number of benzene rings is 1. The minimum Gasteiger partial charge on any atom is -0.334 e. The van der Waals surface area contributed by atoms with Crippen LogP contribution in [0.15, 0.2) is 24.3 Å². The van der Waals surface area contributed by atoms with Crippen molar-refractivity contribution in [1.29, 1.82) is 0 Å². The molecule has 1 aliphatic heterocycles. The third-order valence-electron chi connectivity index (χ3n) is 4.10. The van der Waals surface area contributed by atoms with Crippen LogP contribution in [-0.2, 0) is 11.3 Å². The molecule has 2 fully saturated rings. The summed E-state index contributed by atoms with van der Waals surface area (Å²) in [5, 5.41) is 3.32. The summed E-state index contributed by atoms with van der Waals surface area (Å²) in [7, 11) is 0. The smallest absolute Gasteiger partial charge is 0.240 e. The molecule has 3 rings (SSSR count). The molecule has 1 saturated heterocycles. The highest BCUT2D eigenvalue weighted by Crippen LogP contribution is 2.29. The van der Waals surface area contributed by atoms with E-state index in [1.54, 1.807) is 0 Å². The first-order valence-corrected chi connectivity index (χ1v) is 7.33. The van der Waals surface area contributed by atoms with E-state index in [0.717, 1.165) is 25.9 Å². The number of aryl methyl sites for hydroxylation is 1. The van der Waals surface area contributed by atoms with Crippen LogP contribution in [0.5, 0.6) is 0 Å². The fraction of sp³-hybridized carbons (Fsp3) is 0.562. The lowest BCUT2D eigenvalue weighted by Crippen LogP contribution is -2.44. The molecule has 19 heavy (non-hydrogen) atoms. The van der Waals surface area contributed by atoms with Gasteiger partial charge in [-0.25, -0.2) is 0 Å². The Morgan fingerprint density at radius 1 is 1.26 bits per heavy atom. The number of rotatable bonds is 4. The van der Waals surface area contributed by atoms with Gasteiger partial charge in [-0.15, -0.1) is 0 Å². The maximum atomic E-state index is 12.6. The Morgan fingerprint density at radius 2 is 2.00 bits per heavy atom. The molecule has 0 aromatic heterocycles. The Balaban J connectivity index is 1.70. The highest BCUT2D eigenvalue weighted by molar-refractivity contribution is 5.82. The van der Waals surface area contributed by atoms with E-state index in [2.05, 4.69) is 41.4 Å². The minimum absolute atomic E-state index is 0.0612. The molecule has 0 radical (unpaired) electrons. The highest BCUT2D eigenvalue weighted by Gasteiger charge is 2.36. The summed E-state index contributed by atoms with van der Waals surface area (Å²) in [5.41, 5.74) is 2.51. The highest BCUT2D eigenvalue weighted by atomic mass is 16.2. The molecular formula is C16H22N2O. The number of nitrogens with one attached hydrogen (secondary N) is 1. The van der Waals surface area contributed by atoms with Crippen LogP contribution in [0.25, 0.3) is 0 Å². The van der Waals surface area contributed by atoms with Crippen LogP contribution in [0.2, 0.25) is 0 Å². The third-order valence-corrected chi connectivity index (χ3v) is 4.10. The maximum absolute atomic E-state index is 12.6. The van der Waals surface area contributed by atoms with Gasteiger partial charge in [0.15, 0.2) is 0 Å². The second-order valence-electron chi connectivity index (χ2n) is 5.83. The summed E-state index contributed by atoms with van der Waals surface area (Å²) in [5.74, 6) is 0.306. The van der Waals surface area contributed by atoms with Gasteiger partial charge in [0, 0.05) is 12.6 Å². The Kier molecular flexibility index (Phi) is 3.56. The summed E-state index contributed by atoms with van der Waals surface area (Å²) in [4.78, 5) is 14.7. The molecule has 2 aliphatic rings. The van der Waals surface area contributed by atoms with Gasteiger partial charge in [-0.05, 0) is 44.7 Å². The summed E-state index contributed by atoms with van der Waals surface area (Å²) in [6, 6.07) is 9.07. The predicted octanol–water partition coefficient (Wildman–Crippen LogP) is 2.24. The summed E-state index contributed by atoms with van der Waals surface area (Å²) < 4.78 is 0. The molecule has 0 bridgehead atoms. The molecule has 1 atom stereocenters. The summed E-state index contributed by atoms with van der Waals surface area (Å²) >= 11 is 0. The van der Waals surface area contributed by atoms with E-state index in [1.807, 2.05) is 0 Å². The van der Waals surface area contributed by atoms with Crippen molar-refractivity contribution in [1.82, 2.24) is 10.2 Å². The van der Waals surface area contributed by atoms with E-state index in [0.29, 0.717) is 11.9 Å². The average molecular weight is 258 g/mol. The van der Waals surface area contributed by atoms with Gasteiger partial charge in [0.05, 0.1) is 6.04 Å². The van der Waals surface area contributed by atoms with Crippen LogP contribution >= 0.6 is 0 Å². The van der Waals surface area contributed by atoms with Crippen LogP contribution < -0.4 is 5.32 Å². The molecule has 1 amide bonds. The molecule has 3 heteroatoms. The van der Waals surface area contributed by atoms with Crippen LogP contribution in [-0.4, -0.2) is 29.4 Å². The Bertz CT molecular complexity index is 444. The summed E-state index contributed by atoms with van der Waals surface area (Å²) in [6.45, 7) is 3.84. The zero-order chi connectivity index (χ0) is 13.2. The molecule has 0 unspecified atom stereocenters. The molecule has 0 spiro atoms. The van der Waals surface area contributed by atoms with Crippen LogP contribution in [0.3, 0.4) is 0 Å². The van der Waals surface area contributed by atoms with Gasteiger partial charge in [-0.2, -0.15) is 0 Å². The van der Waals surface area contributed by atoms with Gasteiger partial charge < -0.3 is 10.2 Å². The zero-order valence-corrected chi connectivity index (χ0v) is 11.6. The van der Waals surface area contributed by atoms with E-state index in [-0.39, 0.29) is 6.04 Å². The van der Waals surface area contributed by atoms with Crippen molar-refractivity contribution in [3.63, 3.8) is 0 Å². The molecule has 1 aromatic carbocycles. The fourth-order valence-electron chi connectivity index (χ4n) is 2.76. The van der Waals surface area contributed by atoms with Crippen molar-refractivity contribution in [2.24, 2.45) is 0 Å². The first-order valence-electron chi connectivity index (χ1n) is 7.33. The van der Waals surface area contributed by atoms with Gasteiger partial charge in [0.2, 0.25) is 5.91 Å². The van der Waals surface area contributed by atoms with Crippen LogP contribution in [0.1, 0.15) is 36.8 Å². The lowest BCUT2D eigenvalue weighted by Gasteiger charge is -2.26. The van der Waals surface area contributed by atoms with E-state index >= 15 is 0 Å². The monoisotopic (exact) mass is 258 g/mol. The maximum Gasteiger partial charge on any atom is 0.240 e. The van der Waals surface area contributed by atoms with Gasteiger partial charge in [-0.3, -0.25) is 4.79 Å². The largest absolute Gasteiger partial charge is 0.334 e. The van der Waals surface area contributed by atoms with E-state index in [9.17, 15) is 4.79 Å². The van der Waals surface area contributed by atoms with Crippen molar-refractivity contribution in [3.8, 4) is 0 Å². The number of hydrogen-bond acceptors (Lipinski definition) is 2. The molecule has 1 heterocycles. The number of carbonyl (C=O) groups is 1. The number of hydrogen-bond donors (Lipinski definition) is 1. The molecule has 1 N–H and O–H groups in total. The predicted molar refractivity (Wildman–Crippen MR) is 75.8 cm³/mol. The Labute approximate surface area is 115 Å². The van der Waals surface area contributed by atoms with E-state index in [4.69, 9.17) is 0 Å². The molecule has 1 aliphatic carbocycles. The van der Waals surface area contributed by atoms with Gasteiger partial charge in [0.1, 0.15) is 0 Å². The molecule has 1 aromatic rings. The average Bonchev–Trinajstić information content (AvgIpc) is 3.11. The van der Waals surface area contributed by atoms with Gasteiger partial charge >= 0.3 is 0 Å². The zero-order valence-electron chi connectivity index (χ0n) is 11.6.